The van der Waals surface area contributed by atoms with Crippen molar-refractivity contribution in [2.75, 3.05) is 19.6 Å². The van der Waals surface area contributed by atoms with Crippen molar-refractivity contribution < 1.29 is 106 Å². The maximum absolute atomic E-state index is 13.8. The van der Waals surface area contributed by atoms with E-state index in [2.05, 4.69) is 106 Å². The Bertz CT molecular complexity index is 3790. The van der Waals surface area contributed by atoms with Gasteiger partial charge in [0.1, 0.15) is 108 Å². The van der Waals surface area contributed by atoms with Crippen LogP contribution < -0.4 is 113 Å². The number of carbonyl (C=O) groups excluding carboxylic acids is 19. The minimum Gasteiger partial charge on any atom is -0.508 e. The van der Waals surface area contributed by atoms with Gasteiger partial charge in [-0.2, -0.15) is 0 Å². The van der Waals surface area contributed by atoms with Gasteiger partial charge < -0.3 is 128 Å². The molecule has 0 fully saturated rings. The summed E-state index contributed by atoms with van der Waals surface area (Å²) in [7, 11) is 0. The molecule has 1 heterocycles. The molecule has 19 amide bonds. The third-order valence-corrected chi connectivity index (χ3v) is 17.3. The van der Waals surface area contributed by atoms with E-state index in [0.29, 0.717) is 37.8 Å². The summed E-state index contributed by atoms with van der Waals surface area (Å²) in [4.78, 5) is 268. The van der Waals surface area contributed by atoms with Gasteiger partial charge in [0.05, 0.1) is 25.0 Å². The third-order valence-electron chi connectivity index (χ3n) is 17.3. The summed E-state index contributed by atoms with van der Waals surface area (Å²) >= 11 is 0. The number of rotatable bonds is 50. The topological polar surface area (TPSA) is 705 Å². The predicted molar refractivity (Wildman–Crippen MR) is 411 cm³/mol. The summed E-state index contributed by atoms with van der Waals surface area (Å²) in [5, 5.41) is 62.2. The van der Waals surface area contributed by atoms with Crippen molar-refractivity contribution in [2.45, 2.75) is 251 Å². The lowest BCUT2D eigenvalue weighted by molar-refractivity contribution is -0.141. The fourth-order valence-corrected chi connectivity index (χ4v) is 10.3. The molecule has 0 saturated carbocycles. The zero-order chi connectivity index (χ0) is 88.0. The van der Waals surface area contributed by atoms with Crippen LogP contribution in [0.15, 0.2) is 36.8 Å². The van der Waals surface area contributed by atoms with Gasteiger partial charge in [0.25, 0.3) is 0 Å². The quantitative estimate of drug-likeness (QED) is 0.0274. The number of carbonyl (C=O) groups is 20. The molecule has 27 N–H and O–H groups in total. The van der Waals surface area contributed by atoms with Crippen LogP contribution in [0, 0.1) is 0 Å². The molecule has 0 bridgehead atoms. The number of phenols is 1. The lowest BCUT2D eigenvalue weighted by Crippen LogP contribution is -2.60. The van der Waals surface area contributed by atoms with Crippen molar-refractivity contribution in [3.05, 3.63) is 48.0 Å². The number of hydrogen-bond acceptors (Lipinski definition) is 24. The molecule has 0 spiro atoms. The van der Waals surface area contributed by atoms with Crippen LogP contribution in [0.1, 0.15) is 146 Å². The first-order valence-corrected chi connectivity index (χ1v) is 37.4. The number of aliphatic carboxylic acids is 1. The van der Waals surface area contributed by atoms with Crippen LogP contribution in [-0.4, -0.2) is 261 Å². The first-order valence-electron chi connectivity index (χ1n) is 37.4. The largest absolute Gasteiger partial charge is 0.508 e. The molecule has 1 aromatic carbocycles. The molecule has 0 radical (unpaired) electrons. The van der Waals surface area contributed by atoms with E-state index in [-0.39, 0.29) is 43.7 Å². The second-order valence-corrected chi connectivity index (χ2v) is 27.7. The average molecular weight is 1640 g/mol. The van der Waals surface area contributed by atoms with Crippen molar-refractivity contribution in [2.24, 2.45) is 17.2 Å². The second kappa shape index (κ2) is 49.9. The lowest BCUT2D eigenvalue weighted by atomic mass is 10.1. The number of hydrogen-bond donors (Lipinski definition) is 24. The van der Waals surface area contributed by atoms with Gasteiger partial charge in [-0.25, -0.2) is 4.98 Å². The Balaban J connectivity index is 1.95. The van der Waals surface area contributed by atoms with Crippen LogP contribution in [0.2, 0.25) is 0 Å². The van der Waals surface area contributed by atoms with Gasteiger partial charge in [-0.3, -0.25) is 95.9 Å². The number of aromatic nitrogens is 2. The molecular weight excluding hydrogens is 1530 g/mol. The number of nitrogens with two attached hydrogens (primary N) is 3. The summed E-state index contributed by atoms with van der Waals surface area (Å²) in [6.07, 6.45) is 3.61. The van der Waals surface area contributed by atoms with Crippen molar-refractivity contribution in [1.29, 1.82) is 0 Å². The number of nitrogens with one attached hydrogen (secondary N) is 19. The molecule has 1 aromatic heterocycles. The Labute approximate surface area is 668 Å². The Morgan fingerprint density at radius 2 is 0.655 bits per heavy atom. The monoisotopic (exact) mass is 1640 g/mol. The Morgan fingerprint density at radius 1 is 0.362 bits per heavy atom. The number of nitrogens with zero attached hydrogens (tertiary/aromatic N) is 1. The number of carboxylic acid groups (broad SMARTS) is 1. The van der Waals surface area contributed by atoms with E-state index in [1.807, 2.05) is 0 Å². The minimum atomic E-state index is -1.89. The number of unbranched alkanes of at least 4 members (excludes halogenated alkanes) is 2. The smallest absolute Gasteiger partial charge is 0.305 e. The highest BCUT2D eigenvalue weighted by atomic mass is 16.4. The van der Waals surface area contributed by atoms with Gasteiger partial charge in [0, 0.05) is 26.0 Å². The third kappa shape index (κ3) is 36.6. The lowest BCUT2D eigenvalue weighted by Gasteiger charge is -2.25. The molecule has 0 aliphatic heterocycles. The molecule has 0 aliphatic rings. The molecule has 2 aromatic rings. The van der Waals surface area contributed by atoms with Crippen molar-refractivity contribution in [3.8, 4) is 5.75 Å². The zero-order valence-corrected chi connectivity index (χ0v) is 67.0. The summed E-state index contributed by atoms with van der Waals surface area (Å²) in [5.74, 6) is -18.3. The number of amides is 19. The van der Waals surface area contributed by atoms with Crippen molar-refractivity contribution >= 4 is 118 Å². The van der Waals surface area contributed by atoms with E-state index < -0.39 is 234 Å². The molecule has 45 nitrogen and oxygen atoms in total. The van der Waals surface area contributed by atoms with Crippen LogP contribution in [0.25, 0.3) is 0 Å². The predicted octanol–water partition coefficient (Wildman–Crippen LogP) is -9.26. The van der Waals surface area contributed by atoms with Crippen molar-refractivity contribution in [1.82, 2.24) is 106 Å². The number of phenolic OH excluding ortho intramolecular Hbond substituents is 1. The highest BCUT2D eigenvalue weighted by Crippen LogP contribution is 2.12. The first-order chi connectivity index (χ1) is 54.3. The highest BCUT2D eigenvalue weighted by Gasteiger charge is 2.36. The summed E-state index contributed by atoms with van der Waals surface area (Å²) in [6, 6.07) is -17.2. The van der Waals surface area contributed by atoms with E-state index in [4.69, 9.17) is 17.2 Å². The number of carboxylic acids is 1. The van der Waals surface area contributed by atoms with Crippen LogP contribution >= 0.6 is 0 Å². The van der Waals surface area contributed by atoms with Crippen LogP contribution in [-0.2, 0) is 109 Å². The summed E-state index contributed by atoms with van der Waals surface area (Å²) < 4.78 is 0. The number of primary amides is 1. The van der Waals surface area contributed by atoms with E-state index in [9.17, 15) is 106 Å². The molecule has 2 rings (SSSR count). The Kier molecular flexibility index (Phi) is 42.9. The fraction of sp³-hybridized carbons (Fsp3) is 0.592. The normalized spacial score (nSPS) is 15.3. The van der Waals surface area contributed by atoms with E-state index in [1.165, 1.54) is 113 Å². The highest BCUT2D eigenvalue weighted by molar-refractivity contribution is 6.01. The number of aromatic hydroxyl groups is 1. The van der Waals surface area contributed by atoms with E-state index >= 15 is 0 Å². The number of benzene rings is 1. The van der Waals surface area contributed by atoms with E-state index in [0.717, 1.165) is 13.8 Å². The molecule has 116 heavy (non-hydrogen) atoms. The Hall–Kier alpha value is -12.4. The van der Waals surface area contributed by atoms with E-state index in [1.54, 1.807) is 0 Å². The van der Waals surface area contributed by atoms with Gasteiger partial charge in [-0.15, -0.1) is 0 Å². The van der Waals surface area contributed by atoms with Crippen LogP contribution in [0.5, 0.6) is 5.75 Å². The fourth-order valence-electron chi connectivity index (χ4n) is 10.3. The van der Waals surface area contributed by atoms with Gasteiger partial charge in [0.2, 0.25) is 112 Å². The van der Waals surface area contributed by atoms with Gasteiger partial charge >= 0.3 is 5.97 Å². The standard InChI is InChI=1S/C71H113N23O22/c1-32(56(101)78-33(2)57(102)80-36(5)60(105)84-41(10)65(110)92-48(18-14-16-24-72)68(113)76-30-53(97)91-50(55(74)100)26-45-20-22-47(96)23-21-45)79-59(104)35(4)83-63(108)40(9)89-71(116)52(28-54(98)99)94-67(112)43(12)86-64(109)39(8)88-70(115)51(27-46-29-75-31-77-46)93-66(111)42(11)85-61(106)37(6)81-58(103)34(3)82-62(107)38(7)87-69(114)49(90-44(13)95)19-15-17-25-73/h20-23,29,31-43,48-52,96H,14-19,24-28,30,72-73H2,1-13H3,(H2,74,100)(H,75,77)(H,76,113)(H,78,101)(H,79,104)(H,80,102)(H,81,103)(H,82,107)(H,83,108)(H,84,105)(H,85,106)(H,86,109)(H,87,114)(H,88,115)(H,89,116)(H,90,95)(H,91,97)(H,92,110)(H,93,111)(H,94,112)(H,98,99)/t32-,33-,34-,35-,36-,37-,38-,39-,40-,41-,42-,43-,48-,49-,50-,51-,52-/m0/s1. The number of H-pyrrole nitrogens is 1. The summed E-state index contributed by atoms with van der Waals surface area (Å²) in [6.45, 7) is 16.2. The second-order valence-electron chi connectivity index (χ2n) is 27.7. The SMILES string of the molecule is CC(=O)N[C@@H](CCCCN)C(=O)N[C@@H](C)C(=O)N[C@@H](C)C(=O)N[C@@H](C)C(=O)N[C@@H](C)C(=O)N[C@@H](Cc1c[nH]cn1)C(=O)N[C@@H](C)C(=O)N[C@@H](C)C(=O)N[C@@H](CC(=O)O)C(=O)N[C@@H](C)C(=O)N[C@@H](C)C(=O)N[C@@H](C)C(=O)N[C@@H](C)C(=O)N[C@@H](C)C(=O)N[C@@H](C)C(=O)N[C@@H](CCCCN)C(=O)NCC(=O)N[C@@H](Cc1ccc(O)cc1)C(N)=O. The average Bonchev–Trinajstić information content (AvgIpc) is 1.21. The van der Waals surface area contributed by atoms with Crippen LogP contribution in [0.4, 0.5) is 0 Å². The molecule has 0 saturated heterocycles. The molecule has 644 valence electrons. The molecule has 0 unspecified atom stereocenters. The Morgan fingerprint density at radius 3 is 0.957 bits per heavy atom. The first kappa shape index (κ1) is 99.6. The van der Waals surface area contributed by atoms with Crippen molar-refractivity contribution in [3.63, 3.8) is 0 Å². The molecule has 45 heteroatoms. The number of aromatic amines is 1. The van der Waals surface area contributed by atoms with Gasteiger partial charge in [0.15, 0.2) is 0 Å². The molecular formula is C71H113N23O22. The van der Waals surface area contributed by atoms with Crippen LogP contribution in [0.3, 0.4) is 0 Å². The maximum atomic E-state index is 13.8. The minimum absolute atomic E-state index is 0.0175. The molecule has 17 atom stereocenters. The summed E-state index contributed by atoms with van der Waals surface area (Å²) in [5.41, 5.74) is 17.5. The zero-order valence-electron chi connectivity index (χ0n) is 67.0. The molecule has 0 aliphatic carbocycles. The van der Waals surface area contributed by atoms with Gasteiger partial charge in [-0.1, -0.05) is 12.1 Å². The number of imidazole rings is 1. The van der Waals surface area contributed by atoms with Gasteiger partial charge in [-0.05, 0) is 152 Å². The maximum Gasteiger partial charge on any atom is 0.305 e.